The molecular weight excluding hydrogens is 152 g/mol. The lowest BCUT2D eigenvalue weighted by molar-refractivity contribution is 0.150. The minimum atomic E-state index is 0.151. The molecule has 1 aliphatic carbocycles. The fourth-order valence-corrected chi connectivity index (χ4v) is 1.81. The summed E-state index contributed by atoms with van der Waals surface area (Å²) in [6, 6.07) is 0.617. The van der Waals surface area contributed by atoms with E-state index in [1.807, 2.05) is 4.90 Å². The Morgan fingerprint density at radius 1 is 1.42 bits per heavy atom. The van der Waals surface area contributed by atoms with Gasteiger partial charge in [-0.1, -0.05) is 6.92 Å². The van der Waals surface area contributed by atoms with Crippen molar-refractivity contribution in [1.82, 2.24) is 10.2 Å². The fourth-order valence-electron chi connectivity index (χ4n) is 1.81. The molecule has 0 atom stereocenters. The first-order valence-corrected chi connectivity index (χ1v) is 4.81. The zero-order valence-electron chi connectivity index (χ0n) is 7.55. The van der Waals surface area contributed by atoms with Gasteiger partial charge in [0.2, 0.25) is 0 Å². The largest absolute Gasteiger partial charge is 0.335 e. The Morgan fingerprint density at radius 3 is 2.50 bits per heavy atom. The van der Waals surface area contributed by atoms with Gasteiger partial charge in [0.1, 0.15) is 0 Å². The average molecular weight is 168 g/mol. The standard InChI is InChI=1S/C9H16N2O/c1-7-5-8(6-7)10-9(12)11-3-2-4-11/h7-8H,2-6H2,1H3,(H,10,12). The molecule has 2 fully saturated rings. The maximum absolute atomic E-state index is 11.4. The highest BCUT2D eigenvalue weighted by molar-refractivity contribution is 5.75. The summed E-state index contributed by atoms with van der Waals surface area (Å²) in [6.45, 7) is 4.13. The van der Waals surface area contributed by atoms with Crippen molar-refractivity contribution in [1.29, 1.82) is 0 Å². The smallest absolute Gasteiger partial charge is 0.317 e. The molecule has 3 heteroatoms. The average Bonchev–Trinajstić information content (AvgIpc) is 1.79. The summed E-state index contributed by atoms with van der Waals surface area (Å²) in [5, 5.41) is 3.04. The van der Waals surface area contributed by atoms with Crippen LogP contribution in [0.2, 0.25) is 0 Å². The summed E-state index contributed by atoms with van der Waals surface area (Å²) in [6.07, 6.45) is 3.51. The molecule has 0 bridgehead atoms. The summed E-state index contributed by atoms with van der Waals surface area (Å²) in [4.78, 5) is 13.2. The van der Waals surface area contributed by atoms with E-state index in [0.717, 1.165) is 19.0 Å². The van der Waals surface area contributed by atoms with Crippen molar-refractivity contribution in [3.63, 3.8) is 0 Å². The topological polar surface area (TPSA) is 32.3 Å². The van der Waals surface area contributed by atoms with E-state index in [1.54, 1.807) is 0 Å². The number of likely N-dealkylation sites (tertiary alicyclic amines) is 1. The van der Waals surface area contributed by atoms with Gasteiger partial charge >= 0.3 is 6.03 Å². The molecule has 0 unspecified atom stereocenters. The molecule has 0 aromatic rings. The van der Waals surface area contributed by atoms with E-state index < -0.39 is 0 Å². The Balaban J connectivity index is 1.69. The summed E-state index contributed by atoms with van der Waals surface area (Å²) in [5.41, 5.74) is 0. The van der Waals surface area contributed by atoms with Crippen LogP contribution in [0.25, 0.3) is 0 Å². The Bertz CT molecular complexity index is 183. The first kappa shape index (κ1) is 7.90. The first-order valence-electron chi connectivity index (χ1n) is 4.81. The number of urea groups is 1. The molecule has 1 heterocycles. The van der Waals surface area contributed by atoms with E-state index in [9.17, 15) is 4.79 Å². The van der Waals surface area contributed by atoms with Gasteiger partial charge in [0.15, 0.2) is 0 Å². The number of nitrogens with zero attached hydrogens (tertiary/aromatic N) is 1. The molecule has 68 valence electrons. The third-order valence-corrected chi connectivity index (χ3v) is 2.84. The van der Waals surface area contributed by atoms with Gasteiger partial charge in [-0.15, -0.1) is 0 Å². The molecule has 0 spiro atoms. The molecule has 3 nitrogen and oxygen atoms in total. The van der Waals surface area contributed by atoms with Crippen LogP contribution in [-0.2, 0) is 0 Å². The van der Waals surface area contributed by atoms with Crippen molar-refractivity contribution in [2.24, 2.45) is 5.92 Å². The summed E-state index contributed by atoms with van der Waals surface area (Å²) < 4.78 is 0. The number of hydrogen-bond donors (Lipinski definition) is 1. The van der Waals surface area contributed by atoms with Crippen LogP contribution in [0.3, 0.4) is 0 Å². The Labute approximate surface area is 73.1 Å². The molecule has 1 saturated heterocycles. The highest BCUT2D eigenvalue weighted by Gasteiger charge is 2.29. The van der Waals surface area contributed by atoms with E-state index in [1.165, 1.54) is 19.3 Å². The first-order chi connectivity index (χ1) is 5.75. The highest BCUT2D eigenvalue weighted by Crippen LogP contribution is 2.26. The van der Waals surface area contributed by atoms with Gasteiger partial charge in [0.05, 0.1) is 0 Å². The van der Waals surface area contributed by atoms with E-state index >= 15 is 0 Å². The number of amides is 2. The van der Waals surface area contributed by atoms with Crippen LogP contribution in [0.1, 0.15) is 26.2 Å². The van der Waals surface area contributed by atoms with Crippen LogP contribution in [0.5, 0.6) is 0 Å². The van der Waals surface area contributed by atoms with Gasteiger partial charge in [-0.2, -0.15) is 0 Å². The van der Waals surface area contributed by atoms with Crippen molar-refractivity contribution in [3.05, 3.63) is 0 Å². The Kier molecular flexibility index (Phi) is 1.95. The molecule has 2 aliphatic rings. The Hall–Kier alpha value is -0.730. The summed E-state index contributed by atoms with van der Waals surface area (Å²) in [5.74, 6) is 0.812. The van der Waals surface area contributed by atoms with Crippen LogP contribution in [0, 0.1) is 5.92 Å². The SMILES string of the molecule is CC1CC(NC(=O)N2CCC2)C1. The maximum atomic E-state index is 11.4. The molecule has 2 amide bonds. The summed E-state index contributed by atoms with van der Waals surface area (Å²) >= 11 is 0. The molecule has 0 aromatic carbocycles. The van der Waals surface area contributed by atoms with Crippen LogP contribution in [-0.4, -0.2) is 30.1 Å². The molecular formula is C9H16N2O. The maximum Gasteiger partial charge on any atom is 0.317 e. The number of rotatable bonds is 1. The van der Waals surface area contributed by atoms with Crippen LogP contribution < -0.4 is 5.32 Å². The Morgan fingerprint density at radius 2 is 2.08 bits per heavy atom. The molecule has 1 saturated carbocycles. The predicted octanol–water partition coefficient (Wildman–Crippen LogP) is 1.20. The fraction of sp³-hybridized carbons (Fsp3) is 0.889. The molecule has 0 aromatic heterocycles. The summed E-state index contributed by atoms with van der Waals surface area (Å²) in [7, 11) is 0. The van der Waals surface area contributed by atoms with E-state index in [2.05, 4.69) is 12.2 Å². The second kappa shape index (κ2) is 2.96. The zero-order valence-corrected chi connectivity index (χ0v) is 7.55. The van der Waals surface area contributed by atoms with Crippen LogP contribution >= 0.6 is 0 Å². The minimum Gasteiger partial charge on any atom is -0.335 e. The lowest BCUT2D eigenvalue weighted by Crippen LogP contribution is -2.53. The lowest BCUT2D eigenvalue weighted by Gasteiger charge is -2.37. The quantitative estimate of drug-likeness (QED) is 0.627. The van der Waals surface area contributed by atoms with Crippen molar-refractivity contribution in [2.75, 3.05) is 13.1 Å². The normalized spacial score (nSPS) is 33.6. The van der Waals surface area contributed by atoms with Crippen LogP contribution in [0.4, 0.5) is 4.79 Å². The van der Waals surface area contributed by atoms with Crippen molar-refractivity contribution < 1.29 is 4.79 Å². The molecule has 2 rings (SSSR count). The number of carbonyl (C=O) groups is 1. The predicted molar refractivity (Wildman–Crippen MR) is 46.9 cm³/mol. The molecule has 12 heavy (non-hydrogen) atoms. The van der Waals surface area contributed by atoms with Gasteiger partial charge < -0.3 is 10.2 Å². The zero-order chi connectivity index (χ0) is 8.55. The third kappa shape index (κ3) is 1.40. The molecule has 0 radical (unpaired) electrons. The molecule has 1 aliphatic heterocycles. The van der Waals surface area contributed by atoms with Crippen molar-refractivity contribution in [3.8, 4) is 0 Å². The van der Waals surface area contributed by atoms with Crippen molar-refractivity contribution in [2.45, 2.75) is 32.2 Å². The third-order valence-electron chi connectivity index (χ3n) is 2.84. The lowest BCUT2D eigenvalue weighted by atomic mass is 9.82. The van der Waals surface area contributed by atoms with Crippen molar-refractivity contribution >= 4 is 6.03 Å². The van der Waals surface area contributed by atoms with E-state index in [0.29, 0.717) is 6.04 Å². The number of nitrogens with one attached hydrogen (secondary N) is 1. The van der Waals surface area contributed by atoms with Gasteiger partial charge in [-0.3, -0.25) is 0 Å². The second-order valence-electron chi connectivity index (χ2n) is 4.06. The van der Waals surface area contributed by atoms with Gasteiger partial charge in [0, 0.05) is 19.1 Å². The number of carbonyl (C=O) groups excluding carboxylic acids is 1. The van der Waals surface area contributed by atoms with Gasteiger partial charge in [0.25, 0.3) is 0 Å². The van der Waals surface area contributed by atoms with Crippen LogP contribution in [0.15, 0.2) is 0 Å². The number of hydrogen-bond acceptors (Lipinski definition) is 1. The minimum absolute atomic E-state index is 0.151. The molecule has 1 N–H and O–H groups in total. The monoisotopic (exact) mass is 168 g/mol. The van der Waals surface area contributed by atoms with Gasteiger partial charge in [-0.25, -0.2) is 4.79 Å². The van der Waals surface area contributed by atoms with Gasteiger partial charge in [-0.05, 0) is 25.2 Å². The van der Waals surface area contributed by atoms with E-state index in [-0.39, 0.29) is 6.03 Å². The second-order valence-corrected chi connectivity index (χ2v) is 4.06. The van der Waals surface area contributed by atoms with E-state index in [4.69, 9.17) is 0 Å². The highest BCUT2D eigenvalue weighted by atomic mass is 16.2.